The number of para-hydroxylation sites is 1. The number of tetrazole rings is 1. The molecular formula is C26H28BrN5O2S. The number of ether oxygens (including phenoxy) is 2. The van der Waals surface area contributed by atoms with Gasteiger partial charge in [0.1, 0.15) is 6.61 Å². The van der Waals surface area contributed by atoms with Crippen LogP contribution in [0.15, 0.2) is 76.4 Å². The minimum atomic E-state index is 0.492. The van der Waals surface area contributed by atoms with Crippen molar-refractivity contribution in [3.63, 3.8) is 0 Å². The van der Waals surface area contributed by atoms with Crippen molar-refractivity contribution in [1.82, 2.24) is 25.5 Å². The number of hydrogen-bond donors (Lipinski definition) is 1. The summed E-state index contributed by atoms with van der Waals surface area (Å²) in [6, 6.07) is 22.2. The molecular weight excluding hydrogens is 526 g/mol. The average Bonchev–Trinajstić information content (AvgIpc) is 3.35. The van der Waals surface area contributed by atoms with E-state index in [-0.39, 0.29) is 0 Å². The molecule has 0 saturated carbocycles. The number of nitrogens with zero attached hydrogens (tertiary/aromatic N) is 4. The summed E-state index contributed by atoms with van der Waals surface area (Å²) in [5.74, 6) is 2.35. The maximum atomic E-state index is 6.03. The van der Waals surface area contributed by atoms with Crippen LogP contribution in [0, 0.1) is 6.92 Å². The summed E-state index contributed by atoms with van der Waals surface area (Å²) >= 11 is 5.33. The van der Waals surface area contributed by atoms with Crippen LogP contribution in [0.2, 0.25) is 0 Å². The highest BCUT2D eigenvalue weighted by Gasteiger charge is 2.11. The van der Waals surface area contributed by atoms with Crippen molar-refractivity contribution in [2.45, 2.75) is 31.7 Å². The number of benzene rings is 3. The first kappa shape index (κ1) is 25.2. The second-order valence-electron chi connectivity index (χ2n) is 7.96. The Morgan fingerprint density at radius 2 is 1.83 bits per heavy atom. The largest absolute Gasteiger partial charge is 0.493 e. The second-order valence-corrected chi connectivity index (χ2v) is 9.87. The van der Waals surface area contributed by atoms with Crippen molar-refractivity contribution < 1.29 is 9.47 Å². The predicted octanol–water partition coefficient (Wildman–Crippen LogP) is 5.59. The lowest BCUT2D eigenvalue weighted by Crippen LogP contribution is -2.16. The molecule has 3 aromatic carbocycles. The van der Waals surface area contributed by atoms with Gasteiger partial charge in [-0.15, -0.1) is 5.10 Å². The van der Waals surface area contributed by atoms with E-state index in [2.05, 4.69) is 68.0 Å². The third-order valence-electron chi connectivity index (χ3n) is 5.33. The number of hydrogen-bond acceptors (Lipinski definition) is 7. The van der Waals surface area contributed by atoms with E-state index in [0.717, 1.165) is 63.2 Å². The molecule has 35 heavy (non-hydrogen) atoms. The third kappa shape index (κ3) is 7.06. The lowest BCUT2D eigenvalue weighted by molar-refractivity contribution is 0.284. The molecule has 1 aromatic heterocycles. The first-order valence-electron chi connectivity index (χ1n) is 11.4. The fourth-order valence-electron chi connectivity index (χ4n) is 3.41. The van der Waals surface area contributed by atoms with Crippen LogP contribution < -0.4 is 14.8 Å². The molecule has 0 amide bonds. The van der Waals surface area contributed by atoms with Gasteiger partial charge in [-0.3, -0.25) is 0 Å². The van der Waals surface area contributed by atoms with Crippen LogP contribution in [0.1, 0.15) is 23.1 Å². The van der Waals surface area contributed by atoms with Gasteiger partial charge < -0.3 is 14.8 Å². The second kappa shape index (κ2) is 12.7. The van der Waals surface area contributed by atoms with Crippen molar-refractivity contribution in [2.75, 3.05) is 19.4 Å². The Labute approximate surface area is 218 Å². The number of nitrogens with one attached hydrogen (secondary N) is 1. The molecule has 7 nitrogen and oxygen atoms in total. The minimum absolute atomic E-state index is 0.492. The Bertz CT molecular complexity index is 1220. The molecule has 0 saturated heterocycles. The highest BCUT2D eigenvalue weighted by molar-refractivity contribution is 9.10. The molecule has 0 aliphatic carbocycles. The smallest absolute Gasteiger partial charge is 0.214 e. The van der Waals surface area contributed by atoms with Gasteiger partial charge in [0, 0.05) is 16.8 Å². The molecule has 1 N–H and O–H groups in total. The summed E-state index contributed by atoms with van der Waals surface area (Å²) in [7, 11) is 1.67. The average molecular weight is 555 g/mol. The van der Waals surface area contributed by atoms with E-state index < -0.39 is 0 Å². The summed E-state index contributed by atoms with van der Waals surface area (Å²) in [4.78, 5) is 0. The molecule has 1 heterocycles. The first-order chi connectivity index (χ1) is 17.1. The van der Waals surface area contributed by atoms with Gasteiger partial charge in [-0.2, -0.15) is 4.68 Å². The van der Waals surface area contributed by atoms with Gasteiger partial charge in [-0.1, -0.05) is 75.7 Å². The summed E-state index contributed by atoms with van der Waals surface area (Å²) in [5.41, 5.74) is 4.43. The zero-order valence-corrected chi connectivity index (χ0v) is 22.2. The summed E-state index contributed by atoms with van der Waals surface area (Å²) < 4.78 is 14.4. The fourth-order valence-corrected chi connectivity index (χ4v) is 4.71. The number of aromatic nitrogens is 4. The highest BCUT2D eigenvalue weighted by Crippen LogP contribution is 2.34. The van der Waals surface area contributed by atoms with Crippen molar-refractivity contribution in [3.05, 3.63) is 87.9 Å². The predicted molar refractivity (Wildman–Crippen MR) is 142 cm³/mol. The SMILES string of the molecule is COc1cc(CNCCCSc2nnnn2-c2ccccc2)c(Br)cc1OCc1ccc(C)cc1. The van der Waals surface area contributed by atoms with E-state index in [0.29, 0.717) is 6.61 Å². The first-order valence-corrected chi connectivity index (χ1v) is 13.1. The standard InChI is InChI=1S/C26H28BrN5O2S/c1-19-9-11-20(12-10-19)18-34-25-16-23(27)21(15-24(25)33-2)17-28-13-6-14-35-26-29-30-31-32(26)22-7-4-3-5-8-22/h3-5,7-12,15-16,28H,6,13-14,17-18H2,1-2H3. The molecule has 182 valence electrons. The quantitative estimate of drug-likeness (QED) is 0.181. The lowest BCUT2D eigenvalue weighted by atomic mass is 10.1. The van der Waals surface area contributed by atoms with Crippen LogP contribution in [0.4, 0.5) is 0 Å². The molecule has 0 aliphatic rings. The van der Waals surface area contributed by atoms with E-state index in [1.165, 1.54) is 5.56 Å². The number of halogens is 1. The Balaban J connectivity index is 1.24. The van der Waals surface area contributed by atoms with E-state index in [9.17, 15) is 0 Å². The van der Waals surface area contributed by atoms with Crippen LogP contribution in [-0.2, 0) is 13.2 Å². The normalized spacial score (nSPS) is 10.9. The van der Waals surface area contributed by atoms with Gasteiger partial charge >= 0.3 is 0 Å². The summed E-state index contributed by atoms with van der Waals surface area (Å²) in [6.45, 7) is 4.17. The van der Waals surface area contributed by atoms with Crippen LogP contribution >= 0.6 is 27.7 Å². The lowest BCUT2D eigenvalue weighted by Gasteiger charge is -2.15. The fraction of sp³-hybridized carbons (Fsp3) is 0.269. The summed E-state index contributed by atoms with van der Waals surface area (Å²) in [5, 5.41) is 16.4. The van der Waals surface area contributed by atoms with E-state index >= 15 is 0 Å². The van der Waals surface area contributed by atoms with Crippen LogP contribution in [0.5, 0.6) is 11.5 Å². The molecule has 0 fully saturated rings. The molecule has 0 spiro atoms. The molecule has 0 unspecified atom stereocenters. The zero-order valence-electron chi connectivity index (χ0n) is 19.8. The number of methoxy groups -OCH3 is 1. The van der Waals surface area contributed by atoms with E-state index in [4.69, 9.17) is 9.47 Å². The Morgan fingerprint density at radius 1 is 1.03 bits per heavy atom. The topological polar surface area (TPSA) is 74.1 Å². The van der Waals surface area contributed by atoms with Crippen LogP contribution in [-0.4, -0.2) is 39.6 Å². The third-order valence-corrected chi connectivity index (χ3v) is 7.08. The van der Waals surface area contributed by atoms with Gasteiger partial charge in [-0.05, 0) is 65.7 Å². The van der Waals surface area contributed by atoms with E-state index in [1.54, 1.807) is 23.6 Å². The summed E-state index contributed by atoms with van der Waals surface area (Å²) in [6.07, 6.45) is 0.985. The van der Waals surface area contributed by atoms with E-state index in [1.807, 2.05) is 42.5 Å². The molecule has 0 atom stereocenters. The van der Waals surface area contributed by atoms with Gasteiger partial charge in [-0.25, -0.2) is 0 Å². The van der Waals surface area contributed by atoms with Crippen LogP contribution in [0.3, 0.4) is 0 Å². The van der Waals surface area contributed by atoms with Gasteiger partial charge in [0.05, 0.1) is 12.8 Å². The molecule has 9 heteroatoms. The number of thioether (sulfide) groups is 1. The highest BCUT2D eigenvalue weighted by atomic mass is 79.9. The molecule has 0 radical (unpaired) electrons. The maximum Gasteiger partial charge on any atom is 0.214 e. The Kier molecular flexibility index (Phi) is 9.16. The Hall–Kier alpha value is -2.88. The molecule has 0 aliphatic heterocycles. The van der Waals surface area contributed by atoms with Gasteiger partial charge in [0.2, 0.25) is 5.16 Å². The maximum absolute atomic E-state index is 6.03. The number of aryl methyl sites for hydroxylation is 1. The van der Waals surface area contributed by atoms with Crippen molar-refractivity contribution in [3.8, 4) is 17.2 Å². The van der Waals surface area contributed by atoms with Gasteiger partial charge in [0.15, 0.2) is 11.5 Å². The van der Waals surface area contributed by atoms with Gasteiger partial charge in [0.25, 0.3) is 0 Å². The molecule has 4 aromatic rings. The molecule has 0 bridgehead atoms. The van der Waals surface area contributed by atoms with Crippen LogP contribution in [0.25, 0.3) is 5.69 Å². The molecule has 4 rings (SSSR count). The van der Waals surface area contributed by atoms with Crippen molar-refractivity contribution in [1.29, 1.82) is 0 Å². The minimum Gasteiger partial charge on any atom is -0.493 e. The Morgan fingerprint density at radius 3 is 2.60 bits per heavy atom. The zero-order chi connectivity index (χ0) is 24.5. The van der Waals surface area contributed by atoms with Crippen molar-refractivity contribution >= 4 is 27.7 Å². The van der Waals surface area contributed by atoms with Crippen molar-refractivity contribution in [2.24, 2.45) is 0 Å². The number of rotatable bonds is 12. The monoisotopic (exact) mass is 553 g/mol.